The minimum Gasteiger partial charge on any atom is -0.513 e. The summed E-state index contributed by atoms with van der Waals surface area (Å²) in [5.74, 6) is -0.348. The SMILES string of the molecule is C=CC(=O)O[Si]CC1CO1. The van der Waals surface area contributed by atoms with Crippen molar-refractivity contribution in [2.75, 3.05) is 6.61 Å². The molecule has 0 aromatic rings. The summed E-state index contributed by atoms with van der Waals surface area (Å²) in [6.45, 7) is 4.09. The molecule has 4 heteroatoms. The molecule has 0 aromatic carbocycles. The summed E-state index contributed by atoms with van der Waals surface area (Å²) in [4.78, 5) is 10.4. The van der Waals surface area contributed by atoms with Crippen LogP contribution in [0, 0.1) is 0 Å². The minimum atomic E-state index is -0.348. The second kappa shape index (κ2) is 3.53. The van der Waals surface area contributed by atoms with Gasteiger partial charge in [0, 0.05) is 12.1 Å². The van der Waals surface area contributed by atoms with Crippen LogP contribution in [0.15, 0.2) is 12.7 Å². The van der Waals surface area contributed by atoms with Crippen molar-refractivity contribution < 1.29 is 14.0 Å². The lowest BCUT2D eigenvalue weighted by molar-refractivity contribution is -0.128. The molecule has 1 saturated heterocycles. The lowest BCUT2D eigenvalue weighted by atomic mass is 10.6. The fourth-order valence-electron chi connectivity index (χ4n) is 0.433. The predicted molar refractivity (Wildman–Crippen MR) is 36.6 cm³/mol. The van der Waals surface area contributed by atoms with Crippen LogP contribution in [-0.2, 0) is 14.0 Å². The van der Waals surface area contributed by atoms with Gasteiger partial charge < -0.3 is 9.16 Å². The number of rotatable bonds is 4. The fourth-order valence-corrected chi connectivity index (χ4v) is 1.16. The maximum atomic E-state index is 10.4. The third-order valence-electron chi connectivity index (χ3n) is 1.05. The van der Waals surface area contributed by atoms with Gasteiger partial charge in [-0.1, -0.05) is 6.58 Å². The molecule has 1 rings (SSSR count). The Morgan fingerprint density at radius 1 is 2.00 bits per heavy atom. The van der Waals surface area contributed by atoms with E-state index in [0.717, 1.165) is 12.7 Å². The van der Waals surface area contributed by atoms with E-state index >= 15 is 0 Å². The topological polar surface area (TPSA) is 38.8 Å². The van der Waals surface area contributed by atoms with Gasteiger partial charge in [-0.05, 0) is 0 Å². The van der Waals surface area contributed by atoms with Crippen LogP contribution >= 0.6 is 0 Å². The third-order valence-corrected chi connectivity index (χ3v) is 2.02. The zero-order valence-electron chi connectivity index (χ0n) is 5.50. The van der Waals surface area contributed by atoms with Crippen LogP contribution in [0.4, 0.5) is 0 Å². The van der Waals surface area contributed by atoms with E-state index in [1.54, 1.807) is 0 Å². The van der Waals surface area contributed by atoms with Crippen LogP contribution in [0.1, 0.15) is 0 Å². The zero-order chi connectivity index (χ0) is 7.40. The molecule has 1 atom stereocenters. The lowest BCUT2D eigenvalue weighted by Crippen LogP contribution is -2.06. The average Bonchev–Trinajstić information content (AvgIpc) is 2.71. The van der Waals surface area contributed by atoms with Crippen molar-refractivity contribution in [3.8, 4) is 0 Å². The average molecular weight is 156 g/mol. The van der Waals surface area contributed by atoms with E-state index in [-0.39, 0.29) is 15.7 Å². The highest BCUT2D eigenvalue weighted by Crippen LogP contribution is 2.12. The minimum absolute atomic E-state index is 0.216. The summed E-state index contributed by atoms with van der Waals surface area (Å²) in [6, 6.07) is 0.833. The van der Waals surface area contributed by atoms with Gasteiger partial charge in [-0.25, -0.2) is 4.79 Å². The number of hydrogen-bond donors (Lipinski definition) is 0. The highest BCUT2D eigenvalue weighted by Gasteiger charge is 2.23. The van der Waals surface area contributed by atoms with E-state index in [1.165, 1.54) is 6.08 Å². The summed E-state index contributed by atoms with van der Waals surface area (Å²) in [5, 5.41) is 0. The van der Waals surface area contributed by atoms with Crippen LogP contribution in [0.25, 0.3) is 0 Å². The first-order chi connectivity index (χ1) is 4.83. The molecule has 2 radical (unpaired) electrons. The number of epoxide rings is 1. The number of ether oxygens (including phenoxy) is 1. The molecule has 3 nitrogen and oxygen atoms in total. The Labute approximate surface area is 62.0 Å². The number of carbonyl (C=O) groups is 1. The normalized spacial score (nSPS) is 21.8. The first-order valence-corrected chi connectivity index (χ1v) is 4.12. The van der Waals surface area contributed by atoms with Gasteiger partial charge in [0.15, 0.2) is 0 Å². The van der Waals surface area contributed by atoms with Crippen LogP contribution in [0.5, 0.6) is 0 Å². The molecule has 1 aliphatic heterocycles. The fraction of sp³-hybridized carbons (Fsp3) is 0.500. The van der Waals surface area contributed by atoms with Gasteiger partial charge in [-0.3, -0.25) is 0 Å². The van der Waals surface area contributed by atoms with Gasteiger partial charge >= 0.3 is 15.7 Å². The molecule has 1 unspecified atom stereocenters. The third kappa shape index (κ3) is 2.79. The quantitative estimate of drug-likeness (QED) is 0.330. The van der Waals surface area contributed by atoms with Gasteiger partial charge in [0.1, 0.15) is 0 Å². The summed E-state index contributed by atoms with van der Waals surface area (Å²) in [7, 11) is 0.216. The molecule has 10 heavy (non-hydrogen) atoms. The Balaban J connectivity index is 1.93. The molecule has 1 aliphatic rings. The van der Waals surface area contributed by atoms with E-state index in [2.05, 4.69) is 6.58 Å². The molecular formula is C6H8O3Si. The first-order valence-electron chi connectivity index (χ1n) is 3.00. The van der Waals surface area contributed by atoms with Gasteiger partial charge in [0.05, 0.1) is 12.7 Å². The van der Waals surface area contributed by atoms with Gasteiger partial charge in [-0.15, -0.1) is 0 Å². The highest BCUT2D eigenvalue weighted by molar-refractivity contribution is 6.31. The van der Waals surface area contributed by atoms with Crippen molar-refractivity contribution >= 4 is 15.7 Å². The maximum Gasteiger partial charge on any atom is 0.318 e. The van der Waals surface area contributed by atoms with Crippen molar-refractivity contribution in [3.63, 3.8) is 0 Å². The van der Waals surface area contributed by atoms with Crippen LogP contribution in [0.2, 0.25) is 6.04 Å². The van der Waals surface area contributed by atoms with E-state index in [4.69, 9.17) is 9.16 Å². The molecule has 1 fully saturated rings. The summed E-state index contributed by atoms with van der Waals surface area (Å²) in [6.07, 6.45) is 1.51. The van der Waals surface area contributed by atoms with Crippen molar-refractivity contribution in [2.24, 2.45) is 0 Å². The van der Waals surface area contributed by atoms with Gasteiger partial charge in [0.25, 0.3) is 0 Å². The van der Waals surface area contributed by atoms with Crippen LogP contribution < -0.4 is 0 Å². The second-order valence-corrected chi connectivity index (χ2v) is 2.83. The Kier molecular flexibility index (Phi) is 2.64. The number of carbonyl (C=O) groups excluding carboxylic acids is 1. The molecule has 0 aromatic heterocycles. The first kappa shape index (κ1) is 7.49. The molecule has 54 valence electrons. The van der Waals surface area contributed by atoms with Crippen LogP contribution in [0.3, 0.4) is 0 Å². The lowest BCUT2D eigenvalue weighted by Gasteiger charge is -1.94. The molecule has 0 saturated carbocycles. The van der Waals surface area contributed by atoms with E-state index in [1.807, 2.05) is 0 Å². The molecular weight excluding hydrogens is 148 g/mol. The maximum absolute atomic E-state index is 10.4. The molecule has 0 bridgehead atoms. The largest absolute Gasteiger partial charge is 0.513 e. The standard InChI is InChI=1S/C6H8O3Si/c1-2-6(7)9-10-4-5-3-8-5/h2,5H,1,3-4H2. The Hall–Kier alpha value is -0.613. The summed E-state index contributed by atoms with van der Waals surface area (Å²) >= 11 is 0. The van der Waals surface area contributed by atoms with Crippen LogP contribution in [-0.4, -0.2) is 28.4 Å². The molecule has 0 amide bonds. The monoisotopic (exact) mass is 156 g/mol. The smallest absolute Gasteiger partial charge is 0.318 e. The van der Waals surface area contributed by atoms with Crippen molar-refractivity contribution in [1.82, 2.24) is 0 Å². The summed E-state index contributed by atoms with van der Waals surface area (Å²) in [5.41, 5.74) is 0. The molecule has 0 N–H and O–H groups in total. The van der Waals surface area contributed by atoms with Crippen molar-refractivity contribution in [1.29, 1.82) is 0 Å². The molecule has 0 aliphatic carbocycles. The van der Waals surface area contributed by atoms with Gasteiger partial charge in [-0.2, -0.15) is 0 Å². The van der Waals surface area contributed by atoms with E-state index in [9.17, 15) is 4.79 Å². The Morgan fingerprint density at radius 3 is 3.20 bits per heavy atom. The molecule has 1 heterocycles. The van der Waals surface area contributed by atoms with Gasteiger partial charge in [0.2, 0.25) is 0 Å². The second-order valence-electron chi connectivity index (χ2n) is 1.93. The van der Waals surface area contributed by atoms with E-state index < -0.39 is 0 Å². The predicted octanol–water partition coefficient (Wildman–Crippen LogP) is 0.152. The number of hydrogen-bond acceptors (Lipinski definition) is 3. The summed E-state index contributed by atoms with van der Waals surface area (Å²) < 4.78 is 9.65. The molecule has 0 spiro atoms. The Bertz CT molecular complexity index is 142. The van der Waals surface area contributed by atoms with Crippen molar-refractivity contribution in [3.05, 3.63) is 12.7 Å². The van der Waals surface area contributed by atoms with E-state index in [0.29, 0.717) is 6.10 Å². The highest BCUT2D eigenvalue weighted by atomic mass is 28.2. The van der Waals surface area contributed by atoms with Crippen molar-refractivity contribution in [2.45, 2.75) is 12.1 Å². The zero-order valence-corrected chi connectivity index (χ0v) is 6.50. The Morgan fingerprint density at radius 2 is 2.70 bits per heavy atom.